The molecule has 2 aromatic heterocycles. The fraction of sp³-hybridized carbons (Fsp3) is 0. The van der Waals surface area contributed by atoms with E-state index in [1.54, 1.807) is 29.1 Å². The summed E-state index contributed by atoms with van der Waals surface area (Å²) in [5.74, 6) is -0.361. The van der Waals surface area contributed by atoms with E-state index in [0.29, 0.717) is 10.7 Å². The van der Waals surface area contributed by atoms with Gasteiger partial charge >= 0.3 is 0 Å². The van der Waals surface area contributed by atoms with Gasteiger partial charge in [0.05, 0.1) is 17.4 Å². The first-order valence-corrected chi connectivity index (χ1v) is 6.40. The molecule has 0 amide bonds. The zero-order valence-corrected chi connectivity index (χ0v) is 11.4. The number of nitrogens with zero attached hydrogens (tertiary/aromatic N) is 2. The van der Waals surface area contributed by atoms with Crippen LogP contribution in [-0.2, 0) is 0 Å². The molecule has 18 heavy (non-hydrogen) atoms. The van der Waals surface area contributed by atoms with Crippen LogP contribution in [0.4, 0.5) is 4.39 Å². The average Bonchev–Trinajstić information content (AvgIpc) is 2.74. The predicted octanol–water partition coefficient (Wildman–Crippen LogP) is 4.58. The van der Waals surface area contributed by atoms with Gasteiger partial charge in [-0.1, -0.05) is 11.6 Å². The fourth-order valence-electron chi connectivity index (χ4n) is 1.91. The summed E-state index contributed by atoms with van der Waals surface area (Å²) in [6, 6.07) is 6.53. The maximum absolute atomic E-state index is 13.9. The first-order chi connectivity index (χ1) is 8.66. The Morgan fingerprint density at radius 3 is 2.83 bits per heavy atom. The molecule has 0 saturated heterocycles. The van der Waals surface area contributed by atoms with Gasteiger partial charge in [-0.05, 0) is 40.2 Å². The molecule has 0 N–H and O–H groups in total. The van der Waals surface area contributed by atoms with Crippen molar-refractivity contribution in [1.82, 2.24) is 9.55 Å². The van der Waals surface area contributed by atoms with Gasteiger partial charge in [0.15, 0.2) is 0 Å². The number of hydrogen-bond donors (Lipinski definition) is 0. The van der Waals surface area contributed by atoms with Gasteiger partial charge in [-0.3, -0.25) is 4.98 Å². The highest BCUT2D eigenvalue weighted by Gasteiger charge is 2.10. The highest BCUT2D eigenvalue weighted by molar-refractivity contribution is 9.10. The van der Waals surface area contributed by atoms with Gasteiger partial charge in [0.25, 0.3) is 0 Å². The summed E-state index contributed by atoms with van der Waals surface area (Å²) in [5, 5.41) is 1.37. The van der Waals surface area contributed by atoms with Crippen molar-refractivity contribution >= 4 is 38.4 Å². The number of hydrogen-bond acceptors (Lipinski definition) is 1. The van der Waals surface area contributed by atoms with Crippen LogP contribution < -0.4 is 0 Å². The molecule has 2 nitrogen and oxygen atoms in total. The van der Waals surface area contributed by atoms with Gasteiger partial charge in [-0.15, -0.1) is 0 Å². The van der Waals surface area contributed by atoms with Crippen molar-refractivity contribution in [3.63, 3.8) is 0 Å². The van der Waals surface area contributed by atoms with E-state index in [4.69, 9.17) is 11.6 Å². The van der Waals surface area contributed by atoms with Gasteiger partial charge in [0.1, 0.15) is 5.82 Å². The van der Waals surface area contributed by atoms with Crippen LogP contribution in [0.3, 0.4) is 0 Å². The summed E-state index contributed by atoms with van der Waals surface area (Å²) in [4.78, 5) is 4.10. The molecule has 0 bridgehead atoms. The Hall–Kier alpha value is -1.39. The molecular formula is C13H7BrClFN2. The lowest BCUT2D eigenvalue weighted by Crippen LogP contribution is -1.96. The number of benzene rings is 1. The second-order valence-electron chi connectivity index (χ2n) is 3.84. The molecule has 3 rings (SSSR count). The number of fused-ring (bicyclic) bond motifs is 1. The van der Waals surface area contributed by atoms with Crippen molar-refractivity contribution in [2.45, 2.75) is 0 Å². The van der Waals surface area contributed by atoms with E-state index >= 15 is 0 Å². The first-order valence-electron chi connectivity index (χ1n) is 5.23. The molecule has 0 unspecified atom stereocenters. The molecule has 1 aromatic carbocycles. The number of rotatable bonds is 1. The van der Waals surface area contributed by atoms with Gasteiger partial charge in [0, 0.05) is 27.3 Å². The molecule has 2 heterocycles. The highest BCUT2D eigenvalue weighted by Crippen LogP contribution is 2.27. The fourth-order valence-corrected chi connectivity index (χ4v) is 2.52. The standard InChI is InChI=1S/C13H7BrClFN2/c14-10-6-17-7-13-9(10)3-4-18(13)12-2-1-8(15)5-11(12)16/h1-7H. The molecule has 3 aromatic rings. The lowest BCUT2D eigenvalue weighted by atomic mass is 10.3. The summed E-state index contributed by atoms with van der Waals surface area (Å²) >= 11 is 9.17. The van der Waals surface area contributed by atoms with Crippen LogP contribution in [0.15, 0.2) is 47.3 Å². The Labute approximate surface area is 116 Å². The predicted molar refractivity (Wildman–Crippen MR) is 73.7 cm³/mol. The topological polar surface area (TPSA) is 17.8 Å². The third-order valence-electron chi connectivity index (χ3n) is 2.74. The minimum Gasteiger partial charge on any atom is -0.312 e. The Balaban J connectivity index is 2.29. The molecule has 0 spiro atoms. The van der Waals surface area contributed by atoms with Crippen molar-refractivity contribution in [2.24, 2.45) is 0 Å². The van der Waals surface area contributed by atoms with Gasteiger partial charge < -0.3 is 4.57 Å². The second kappa shape index (κ2) is 4.37. The minimum absolute atomic E-state index is 0.361. The third-order valence-corrected chi connectivity index (χ3v) is 3.60. The van der Waals surface area contributed by atoms with E-state index in [1.807, 2.05) is 12.3 Å². The summed E-state index contributed by atoms with van der Waals surface area (Å²) in [7, 11) is 0. The van der Waals surface area contributed by atoms with Crippen molar-refractivity contribution in [1.29, 1.82) is 0 Å². The zero-order chi connectivity index (χ0) is 12.7. The molecular weight excluding hydrogens is 319 g/mol. The molecule has 90 valence electrons. The smallest absolute Gasteiger partial charge is 0.148 e. The summed E-state index contributed by atoms with van der Waals surface area (Å²) in [6.07, 6.45) is 5.22. The molecule has 0 radical (unpaired) electrons. The third kappa shape index (κ3) is 1.82. The van der Waals surface area contributed by atoms with Crippen LogP contribution in [0.5, 0.6) is 0 Å². The Morgan fingerprint density at radius 1 is 1.22 bits per heavy atom. The van der Waals surface area contributed by atoms with Crippen LogP contribution in [-0.4, -0.2) is 9.55 Å². The largest absolute Gasteiger partial charge is 0.312 e. The van der Waals surface area contributed by atoms with Gasteiger partial charge in [-0.25, -0.2) is 4.39 Å². The Morgan fingerprint density at radius 2 is 2.06 bits per heavy atom. The summed E-state index contributed by atoms with van der Waals surface area (Å²) in [6.45, 7) is 0. The summed E-state index contributed by atoms with van der Waals surface area (Å²) < 4.78 is 16.5. The first kappa shape index (κ1) is 11.7. The average molecular weight is 326 g/mol. The second-order valence-corrected chi connectivity index (χ2v) is 5.13. The zero-order valence-electron chi connectivity index (χ0n) is 9.07. The Kier molecular flexibility index (Phi) is 2.84. The van der Waals surface area contributed by atoms with Crippen LogP contribution in [0.25, 0.3) is 16.6 Å². The van der Waals surface area contributed by atoms with Crippen molar-refractivity contribution in [2.75, 3.05) is 0 Å². The maximum atomic E-state index is 13.9. The van der Waals surface area contributed by atoms with E-state index in [9.17, 15) is 4.39 Å². The SMILES string of the molecule is Fc1cc(Cl)ccc1-n1ccc2c(Br)cncc21. The molecule has 0 fully saturated rings. The van der Waals surface area contributed by atoms with Crippen LogP contribution in [0.2, 0.25) is 5.02 Å². The molecule has 5 heteroatoms. The van der Waals surface area contributed by atoms with E-state index in [1.165, 1.54) is 6.07 Å². The van der Waals surface area contributed by atoms with Crippen LogP contribution in [0.1, 0.15) is 0 Å². The monoisotopic (exact) mass is 324 g/mol. The van der Waals surface area contributed by atoms with Crippen LogP contribution >= 0.6 is 27.5 Å². The van der Waals surface area contributed by atoms with Gasteiger partial charge in [0.2, 0.25) is 0 Å². The van der Waals surface area contributed by atoms with Crippen LogP contribution in [0, 0.1) is 5.82 Å². The lowest BCUT2D eigenvalue weighted by Gasteiger charge is -2.07. The van der Waals surface area contributed by atoms with E-state index in [-0.39, 0.29) is 5.82 Å². The number of halogens is 3. The number of pyridine rings is 1. The van der Waals surface area contributed by atoms with E-state index in [0.717, 1.165) is 15.4 Å². The molecule has 0 saturated carbocycles. The molecule has 0 aliphatic rings. The highest BCUT2D eigenvalue weighted by atomic mass is 79.9. The van der Waals surface area contributed by atoms with Crippen molar-refractivity contribution < 1.29 is 4.39 Å². The van der Waals surface area contributed by atoms with E-state index in [2.05, 4.69) is 20.9 Å². The molecule has 0 aliphatic carbocycles. The molecule has 0 atom stereocenters. The minimum atomic E-state index is -0.361. The van der Waals surface area contributed by atoms with Gasteiger partial charge in [-0.2, -0.15) is 0 Å². The molecule has 0 aliphatic heterocycles. The summed E-state index contributed by atoms with van der Waals surface area (Å²) in [5.41, 5.74) is 1.29. The lowest BCUT2D eigenvalue weighted by molar-refractivity contribution is 0.620. The van der Waals surface area contributed by atoms with E-state index < -0.39 is 0 Å². The van der Waals surface area contributed by atoms with Crippen molar-refractivity contribution in [3.05, 3.63) is 58.2 Å². The number of aromatic nitrogens is 2. The Bertz CT molecular complexity index is 739. The normalized spacial score (nSPS) is 11.1. The maximum Gasteiger partial charge on any atom is 0.148 e. The van der Waals surface area contributed by atoms with Crippen molar-refractivity contribution in [3.8, 4) is 5.69 Å². The quantitative estimate of drug-likeness (QED) is 0.640.